The molecule has 0 radical (unpaired) electrons. The Morgan fingerprint density at radius 3 is 2.24 bits per heavy atom. The summed E-state index contributed by atoms with van der Waals surface area (Å²) in [6.45, 7) is 1.51. The highest BCUT2D eigenvalue weighted by atomic mass is 35.5. The van der Waals surface area contributed by atoms with Gasteiger partial charge in [0.2, 0.25) is 0 Å². The molecular weight excluding hydrogens is 322 g/mol. The lowest BCUT2D eigenvalue weighted by molar-refractivity contribution is 0.584. The molecule has 0 aliphatic heterocycles. The number of hydrogen-bond donors (Lipinski definition) is 2. The summed E-state index contributed by atoms with van der Waals surface area (Å²) >= 11 is 5.79. The van der Waals surface area contributed by atoms with E-state index in [2.05, 4.69) is 4.72 Å². The number of nitrogen functional groups attached to an aromatic ring is 1. The molecule has 0 saturated carbocycles. The zero-order valence-electron chi connectivity index (χ0n) is 10.8. The summed E-state index contributed by atoms with van der Waals surface area (Å²) in [5, 5.41) is 0.142. The SMILES string of the molecule is Cc1c(N)cc(Cl)cc1S(=O)(=O)Nc1cc(F)cc(F)c1. The Bertz CT molecular complexity index is 790. The van der Waals surface area contributed by atoms with Crippen molar-refractivity contribution in [2.45, 2.75) is 11.8 Å². The van der Waals surface area contributed by atoms with Crippen molar-refractivity contribution >= 4 is 33.0 Å². The first-order valence-electron chi connectivity index (χ1n) is 5.73. The van der Waals surface area contributed by atoms with Gasteiger partial charge in [-0.2, -0.15) is 0 Å². The summed E-state index contributed by atoms with van der Waals surface area (Å²) in [4.78, 5) is -0.155. The van der Waals surface area contributed by atoms with Crippen molar-refractivity contribution in [1.82, 2.24) is 0 Å². The Morgan fingerprint density at radius 2 is 1.67 bits per heavy atom. The molecule has 21 heavy (non-hydrogen) atoms. The maximum Gasteiger partial charge on any atom is 0.262 e. The van der Waals surface area contributed by atoms with Crippen LogP contribution in [0.4, 0.5) is 20.2 Å². The van der Waals surface area contributed by atoms with Crippen LogP contribution < -0.4 is 10.5 Å². The van der Waals surface area contributed by atoms with E-state index in [0.29, 0.717) is 11.6 Å². The fourth-order valence-corrected chi connectivity index (χ4v) is 3.41. The zero-order chi connectivity index (χ0) is 15.8. The third-order valence-corrected chi connectivity index (χ3v) is 4.49. The van der Waals surface area contributed by atoms with Crippen molar-refractivity contribution < 1.29 is 17.2 Å². The van der Waals surface area contributed by atoms with Gasteiger partial charge < -0.3 is 5.73 Å². The number of nitrogens with two attached hydrogens (primary N) is 1. The minimum absolute atomic E-state index is 0.142. The highest BCUT2D eigenvalue weighted by molar-refractivity contribution is 7.92. The normalized spacial score (nSPS) is 11.4. The van der Waals surface area contributed by atoms with Crippen LogP contribution in [0.3, 0.4) is 0 Å². The fraction of sp³-hybridized carbons (Fsp3) is 0.0769. The predicted molar refractivity (Wildman–Crippen MR) is 77.8 cm³/mol. The number of rotatable bonds is 3. The molecule has 2 aromatic rings. The lowest BCUT2D eigenvalue weighted by atomic mass is 10.2. The molecule has 112 valence electrons. The lowest BCUT2D eigenvalue weighted by Gasteiger charge is -2.12. The van der Waals surface area contributed by atoms with Gasteiger partial charge in [-0.15, -0.1) is 0 Å². The summed E-state index contributed by atoms with van der Waals surface area (Å²) in [7, 11) is -4.07. The molecule has 0 unspecified atom stereocenters. The molecule has 0 bridgehead atoms. The minimum atomic E-state index is -4.07. The molecule has 0 saturated heterocycles. The van der Waals surface area contributed by atoms with Gasteiger partial charge in [-0.3, -0.25) is 4.72 Å². The number of anilines is 2. The summed E-state index contributed by atoms with van der Waals surface area (Å²) < 4.78 is 52.8. The van der Waals surface area contributed by atoms with E-state index in [0.717, 1.165) is 12.1 Å². The van der Waals surface area contributed by atoms with Gasteiger partial charge in [-0.1, -0.05) is 11.6 Å². The van der Waals surface area contributed by atoms with E-state index in [9.17, 15) is 17.2 Å². The summed E-state index contributed by atoms with van der Waals surface area (Å²) in [6, 6.07) is 5.00. The van der Waals surface area contributed by atoms with Crippen LogP contribution in [0.5, 0.6) is 0 Å². The van der Waals surface area contributed by atoms with Crippen molar-refractivity contribution in [2.75, 3.05) is 10.5 Å². The first-order chi connectivity index (χ1) is 9.69. The van der Waals surface area contributed by atoms with Gasteiger partial charge in [0.05, 0.1) is 10.6 Å². The zero-order valence-corrected chi connectivity index (χ0v) is 12.4. The minimum Gasteiger partial charge on any atom is -0.398 e. The van der Waals surface area contributed by atoms with E-state index in [-0.39, 0.29) is 21.3 Å². The van der Waals surface area contributed by atoms with E-state index in [1.54, 1.807) is 0 Å². The highest BCUT2D eigenvalue weighted by Crippen LogP contribution is 2.27. The third-order valence-electron chi connectivity index (χ3n) is 2.77. The average Bonchev–Trinajstić information content (AvgIpc) is 2.31. The summed E-state index contributed by atoms with van der Waals surface area (Å²) in [5.41, 5.74) is 5.93. The molecule has 3 N–H and O–H groups in total. The Morgan fingerprint density at radius 1 is 1.10 bits per heavy atom. The van der Waals surface area contributed by atoms with E-state index < -0.39 is 21.7 Å². The standard InChI is InChI=1S/C13H11ClF2N2O2S/c1-7-12(17)2-8(14)3-13(7)21(19,20)18-11-5-9(15)4-10(16)6-11/h2-6,18H,17H2,1H3. The van der Waals surface area contributed by atoms with Crippen molar-refractivity contribution in [2.24, 2.45) is 0 Å². The smallest absolute Gasteiger partial charge is 0.262 e. The van der Waals surface area contributed by atoms with Crippen LogP contribution in [0, 0.1) is 18.6 Å². The molecule has 4 nitrogen and oxygen atoms in total. The van der Waals surface area contributed by atoms with Crippen LogP contribution in [-0.2, 0) is 10.0 Å². The van der Waals surface area contributed by atoms with Crippen molar-refractivity contribution in [3.8, 4) is 0 Å². The molecule has 0 atom stereocenters. The number of halogens is 3. The Hall–Kier alpha value is -1.86. The molecule has 0 aliphatic rings. The van der Waals surface area contributed by atoms with Gasteiger partial charge in [0.25, 0.3) is 10.0 Å². The van der Waals surface area contributed by atoms with Gasteiger partial charge in [0, 0.05) is 16.8 Å². The van der Waals surface area contributed by atoms with Crippen molar-refractivity contribution in [3.05, 3.63) is 52.6 Å². The van der Waals surface area contributed by atoms with Gasteiger partial charge in [-0.05, 0) is 36.8 Å². The Labute approximate surface area is 125 Å². The number of hydrogen-bond acceptors (Lipinski definition) is 3. The van der Waals surface area contributed by atoms with E-state index in [4.69, 9.17) is 17.3 Å². The molecule has 0 fully saturated rings. The third kappa shape index (κ3) is 3.43. The van der Waals surface area contributed by atoms with Gasteiger partial charge in [0.1, 0.15) is 11.6 Å². The van der Waals surface area contributed by atoms with Gasteiger partial charge >= 0.3 is 0 Å². The van der Waals surface area contributed by atoms with Crippen molar-refractivity contribution in [1.29, 1.82) is 0 Å². The highest BCUT2D eigenvalue weighted by Gasteiger charge is 2.20. The molecule has 8 heteroatoms. The first kappa shape index (κ1) is 15.5. The molecule has 0 heterocycles. The van der Waals surface area contributed by atoms with Crippen LogP contribution in [0.2, 0.25) is 5.02 Å². The molecule has 0 aromatic heterocycles. The Kier molecular flexibility index (Phi) is 4.06. The van der Waals surface area contributed by atoms with E-state index in [1.165, 1.54) is 19.1 Å². The Balaban J connectivity index is 2.48. The average molecular weight is 333 g/mol. The monoisotopic (exact) mass is 332 g/mol. The van der Waals surface area contributed by atoms with Crippen LogP contribution in [0.25, 0.3) is 0 Å². The fourth-order valence-electron chi connectivity index (χ4n) is 1.78. The molecule has 0 spiro atoms. The molecule has 2 aromatic carbocycles. The van der Waals surface area contributed by atoms with Gasteiger partial charge in [-0.25, -0.2) is 17.2 Å². The summed E-state index contributed by atoms with van der Waals surface area (Å²) in [6.07, 6.45) is 0. The molecule has 2 rings (SSSR count). The molecule has 0 amide bonds. The predicted octanol–water partition coefficient (Wildman–Crippen LogP) is 3.31. The topological polar surface area (TPSA) is 72.2 Å². The molecule has 0 aliphatic carbocycles. The van der Waals surface area contributed by atoms with E-state index in [1.807, 2.05) is 0 Å². The summed E-state index contributed by atoms with van der Waals surface area (Å²) in [5.74, 6) is -1.79. The van der Waals surface area contributed by atoms with Crippen LogP contribution in [0.15, 0.2) is 35.2 Å². The maximum absolute atomic E-state index is 13.1. The van der Waals surface area contributed by atoms with Crippen molar-refractivity contribution in [3.63, 3.8) is 0 Å². The number of sulfonamides is 1. The van der Waals surface area contributed by atoms with Crippen LogP contribution in [0.1, 0.15) is 5.56 Å². The van der Waals surface area contributed by atoms with E-state index >= 15 is 0 Å². The quantitative estimate of drug-likeness (QED) is 0.847. The molecular formula is C13H11ClF2N2O2S. The number of benzene rings is 2. The second-order valence-electron chi connectivity index (χ2n) is 4.38. The largest absolute Gasteiger partial charge is 0.398 e. The van der Waals surface area contributed by atoms with Crippen LogP contribution in [-0.4, -0.2) is 8.42 Å². The van der Waals surface area contributed by atoms with Gasteiger partial charge in [0.15, 0.2) is 0 Å². The van der Waals surface area contributed by atoms with Crippen LogP contribution >= 0.6 is 11.6 Å². The first-order valence-corrected chi connectivity index (χ1v) is 7.60. The second-order valence-corrected chi connectivity index (χ2v) is 6.47. The maximum atomic E-state index is 13.1. The second kappa shape index (κ2) is 5.50. The number of nitrogens with one attached hydrogen (secondary N) is 1. The lowest BCUT2D eigenvalue weighted by Crippen LogP contribution is -2.15.